The van der Waals surface area contributed by atoms with E-state index in [9.17, 15) is 8.78 Å². The van der Waals surface area contributed by atoms with E-state index in [4.69, 9.17) is 15.2 Å². The fourth-order valence-electron chi connectivity index (χ4n) is 1.46. The summed E-state index contributed by atoms with van der Waals surface area (Å²) in [4.78, 5) is 0. The van der Waals surface area contributed by atoms with Gasteiger partial charge in [0.25, 0.3) is 0 Å². The van der Waals surface area contributed by atoms with Crippen molar-refractivity contribution < 1.29 is 18.3 Å². The summed E-state index contributed by atoms with van der Waals surface area (Å²) in [5.74, 6) is -1.93. The molecular weight excluding hydrogens is 204 g/mol. The molecule has 82 valence electrons. The molecule has 1 aliphatic rings. The first-order valence-corrected chi connectivity index (χ1v) is 4.66. The van der Waals surface area contributed by atoms with Crippen LogP contribution in [-0.2, 0) is 4.74 Å². The summed E-state index contributed by atoms with van der Waals surface area (Å²) in [5, 5.41) is 0. The van der Waals surface area contributed by atoms with Gasteiger partial charge in [-0.15, -0.1) is 0 Å². The Labute approximate surface area is 85.8 Å². The minimum atomic E-state index is -0.778. The van der Waals surface area contributed by atoms with Gasteiger partial charge in [0.2, 0.25) is 0 Å². The first-order chi connectivity index (χ1) is 7.16. The molecule has 0 aromatic heterocycles. The molecule has 1 aromatic carbocycles. The summed E-state index contributed by atoms with van der Waals surface area (Å²) in [5.41, 5.74) is 5.32. The monoisotopic (exact) mass is 215 g/mol. The van der Waals surface area contributed by atoms with Gasteiger partial charge in [-0.1, -0.05) is 0 Å². The van der Waals surface area contributed by atoms with Crippen LogP contribution in [0.3, 0.4) is 0 Å². The van der Waals surface area contributed by atoms with E-state index in [1.807, 2.05) is 0 Å². The molecule has 5 heteroatoms. The number of nitrogen functional groups attached to an aromatic ring is 1. The highest BCUT2D eigenvalue weighted by atomic mass is 19.1. The number of hydrogen-bond acceptors (Lipinski definition) is 3. The van der Waals surface area contributed by atoms with Crippen molar-refractivity contribution in [1.82, 2.24) is 0 Å². The Morgan fingerprint density at radius 2 is 2.00 bits per heavy atom. The maximum absolute atomic E-state index is 13.3. The standard InChI is InChI=1S/C10H11F2NO2/c11-8-3-6(13)4-9(12)10(8)15-7-1-2-14-5-7/h3-4,7H,1-2,5,13H2. The molecule has 1 unspecified atom stereocenters. The number of benzene rings is 1. The maximum atomic E-state index is 13.3. The number of ether oxygens (including phenoxy) is 2. The Balaban J connectivity index is 2.19. The van der Waals surface area contributed by atoms with Gasteiger partial charge in [-0.3, -0.25) is 0 Å². The lowest BCUT2D eigenvalue weighted by Gasteiger charge is -2.13. The van der Waals surface area contributed by atoms with Crippen LogP contribution in [0.2, 0.25) is 0 Å². The van der Waals surface area contributed by atoms with E-state index in [-0.39, 0.29) is 17.5 Å². The summed E-state index contributed by atoms with van der Waals surface area (Å²) in [6.07, 6.45) is 0.362. The number of anilines is 1. The second kappa shape index (κ2) is 4.02. The van der Waals surface area contributed by atoms with Crippen molar-refractivity contribution in [3.63, 3.8) is 0 Å². The Morgan fingerprint density at radius 3 is 2.53 bits per heavy atom. The minimum absolute atomic E-state index is 0.0417. The van der Waals surface area contributed by atoms with Crippen molar-refractivity contribution in [3.05, 3.63) is 23.8 Å². The molecular formula is C10H11F2NO2. The first kappa shape index (κ1) is 10.2. The van der Waals surface area contributed by atoms with Crippen molar-refractivity contribution in [2.24, 2.45) is 0 Å². The fourth-order valence-corrected chi connectivity index (χ4v) is 1.46. The molecule has 0 radical (unpaired) electrons. The highest BCUT2D eigenvalue weighted by Gasteiger charge is 2.21. The van der Waals surface area contributed by atoms with Gasteiger partial charge in [-0.25, -0.2) is 8.78 Å². The van der Waals surface area contributed by atoms with Gasteiger partial charge in [0.15, 0.2) is 17.4 Å². The van der Waals surface area contributed by atoms with Crippen molar-refractivity contribution >= 4 is 5.69 Å². The molecule has 1 heterocycles. The molecule has 1 aromatic rings. The zero-order chi connectivity index (χ0) is 10.8. The van der Waals surface area contributed by atoms with E-state index in [1.165, 1.54) is 0 Å². The van der Waals surface area contributed by atoms with Gasteiger partial charge < -0.3 is 15.2 Å². The number of rotatable bonds is 2. The quantitative estimate of drug-likeness (QED) is 0.764. The van der Waals surface area contributed by atoms with E-state index in [1.54, 1.807) is 0 Å². The molecule has 2 rings (SSSR count). The van der Waals surface area contributed by atoms with Crippen LogP contribution in [0.15, 0.2) is 12.1 Å². The Morgan fingerprint density at radius 1 is 1.33 bits per heavy atom. The lowest BCUT2D eigenvalue weighted by Crippen LogP contribution is -2.17. The Hall–Kier alpha value is -1.36. The smallest absolute Gasteiger partial charge is 0.191 e. The Kier molecular flexibility index (Phi) is 2.73. The molecule has 2 N–H and O–H groups in total. The zero-order valence-electron chi connectivity index (χ0n) is 8.00. The largest absolute Gasteiger partial charge is 0.482 e. The van der Waals surface area contributed by atoms with Crippen LogP contribution in [-0.4, -0.2) is 19.3 Å². The highest BCUT2D eigenvalue weighted by Crippen LogP contribution is 2.26. The van der Waals surface area contributed by atoms with E-state index >= 15 is 0 Å². The normalized spacial score (nSPS) is 20.5. The predicted octanol–water partition coefficient (Wildman–Crippen LogP) is 1.71. The second-order valence-corrected chi connectivity index (χ2v) is 3.42. The van der Waals surface area contributed by atoms with Gasteiger partial charge >= 0.3 is 0 Å². The third-order valence-electron chi connectivity index (χ3n) is 2.19. The van der Waals surface area contributed by atoms with Crippen LogP contribution in [0.4, 0.5) is 14.5 Å². The minimum Gasteiger partial charge on any atom is -0.482 e. The van der Waals surface area contributed by atoms with Gasteiger partial charge in [-0.05, 0) is 0 Å². The molecule has 3 nitrogen and oxygen atoms in total. The molecule has 1 fully saturated rings. The topological polar surface area (TPSA) is 44.5 Å². The van der Waals surface area contributed by atoms with Crippen molar-refractivity contribution in [1.29, 1.82) is 0 Å². The first-order valence-electron chi connectivity index (χ1n) is 4.66. The van der Waals surface area contributed by atoms with Crippen LogP contribution in [0.25, 0.3) is 0 Å². The van der Waals surface area contributed by atoms with Crippen LogP contribution < -0.4 is 10.5 Å². The number of nitrogens with two attached hydrogens (primary N) is 1. The molecule has 0 aliphatic carbocycles. The average Bonchev–Trinajstić information content (AvgIpc) is 2.63. The summed E-state index contributed by atoms with van der Waals surface area (Å²) in [7, 11) is 0. The van der Waals surface area contributed by atoms with Crippen molar-refractivity contribution in [2.45, 2.75) is 12.5 Å². The van der Waals surface area contributed by atoms with Gasteiger partial charge in [0, 0.05) is 24.2 Å². The maximum Gasteiger partial charge on any atom is 0.191 e. The number of hydrogen-bond donors (Lipinski definition) is 1. The summed E-state index contributed by atoms with van der Waals surface area (Å²) >= 11 is 0. The third-order valence-corrected chi connectivity index (χ3v) is 2.19. The predicted molar refractivity (Wildman–Crippen MR) is 50.6 cm³/mol. The SMILES string of the molecule is Nc1cc(F)c(OC2CCOC2)c(F)c1. The molecule has 0 bridgehead atoms. The van der Waals surface area contributed by atoms with E-state index in [0.717, 1.165) is 12.1 Å². The van der Waals surface area contributed by atoms with E-state index in [0.29, 0.717) is 19.6 Å². The molecule has 1 saturated heterocycles. The zero-order valence-corrected chi connectivity index (χ0v) is 8.00. The lowest BCUT2D eigenvalue weighted by molar-refractivity contribution is 0.134. The van der Waals surface area contributed by atoms with Crippen molar-refractivity contribution in [2.75, 3.05) is 18.9 Å². The second-order valence-electron chi connectivity index (χ2n) is 3.42. The summed E-state index contributed by atoms with van der Waals surface area (Å²) < 4.78 is 36.8. The molecule has 1 aliphatic heterocycles. The summed E-state index contributed by atoms with van der Waals surface area (Å²) in [6.45, 7) is 0.923. The van der Waals surface area contributed by atoms with Crippen LogP contribution in [0.1, 0.15) is 6.42 Å². The molecule has 15 heavy (non-hydrogen) atoms. The molecule has 0 spiro atoms. The summed E-state index contributed by atoms with van der Waals surface area (Å²) in [6, 6.07) is 2.07. The average molecular weight is 215 g/mol. The van der Waals surface area contributed by atoms with Gasteiger partial charge in [0.05, 0.1) is 13.2 Å². The van der Waals surface area contributed by atoms with Crippen LogP contribution in [0, 0.1) is 11.6 Å². The van der Waals surface area contributed by atoms with E-state index in [2.05, 4.69) is 0 Å². The van der Waals surface area contributed by atoms with Crippen LogP contribution >= 0.6 is 0 Å². The highest BCUT2D eigenvalue weighted by molar-refractivity contribution is 5.44. The molecule has 0 saturated carbocycles. The van der Waals surface area contributed by atoms with Gasteiger partial charge in [-0.2, -0.15) is 0 Å². The number of halogens is 2. The molecule has 1 atom stereocenters. The lowest BCUT2D eigenvalue weighted by atomic mass is 10.2. The fraction of sp³-hybridized carbons (Fsp3) is 0.400. The van der Waals surface area contributed by atoms with Crippen LogP contribution in [0.5, 0.6) is 5.75 Å². The Bertz CT molecular complexity index is 341. The van der Waals surface area contributed by atoms with Gasteiger partial charge in [0.1, 0.15) is 6.10 Å². The third kappa shape index (κ3) is 2.18. The van der Waals surface area contributed by atoms with Crippen molar-refractivity contribution in [3.8, 4) is 5.75 Å². The molecule has 0 amide bonds. The van der Waals surface area contributed by atoms with E-state index < -0.39 is 11.6 Å².